The van der Waals surface area contributed by atoms with E-state index in [1.54, 1.807) is 18.2 Å². The van der Waals surface area contributed by atoms with E-state index in [1.165, 1.54) is 0 Å². The molecule has 20 heavy (non-hydrogen) atoms. The molecule has 1 aromatic carbocycles. The molecule has 4 nitrogen and oxygen atoms in total. The molecule has 0 fully saturated rings. The highest BCUT2D eigenvalue weighted by atomic mass is 35.5. The number of hydrogen-bond donors (Lipinski definition) is 0. The monoisotopic (exact) mass is 298 g/mol. The topological polar surface area (TPSA) is 52.6 Å². The molecule has 1 aromatic rings. The van der Waals surface area contributed by atoms with Gasteiger partial charge in [-0.15, -0.1) is 0 Å². The van der Waals surface area contributed by atoms with Crippen LogP contribution in [0.1, 0.15) is 44.0 Å². The van der Waals surface area contributed by atoms with Crippen LogP contribution >= 0.6 is 11.6 Å². The average molecular weight is 299 g/mol. The molecule has 0 unspecified atom stereocenters. The fourth-order valence-corrected chi connectivity index (χ4v) is 1.77. The summed E-state index contributed by atoms with van der Waals surface area (Å²) >= 11 is 5.85. The zero-order valence-corrected chi connectivity index (χ0v) is 12.7. The predicted molar refractivity (Wildman–Crippen MR) is 77.4 cm³/mol. The first-order valence-electron chi connectivity index (χ1n) is 6.40. The molecule has 0 atom stereocenters. The second kappa shape index (κ2) is 7.29. The Hall–Kier alpha value is -1.55. The van der Waals surface area contributed by atoms with Gasteiger partial charge in [-0.25, -0.2) is 0 Å². The summed E-state index contributed by atoms with van der Waals surface area (Å²) in [4.78, 5) is 22.2. The maximum atomic E-state index is 11.5. The SMILES string of the molecule is CC(C)(C)OC(=O)CCCOc1cc(Cl)cc(C=O)c1. The number of hydrogen-bond acceptors (Lipinski definition) is 4. The van der Waals surface area contributed by atoms with Gasteiger partial charge >= 0.3 is 5.97 Å². The van der Waals surface area contributed by atoms with Crippen LogP contribution in [0.5, 0.6) is 5.75 Å². The van der Waals surface area contributed by atoms with Crippen LogP contribution in [-0.4, -0.2) is 24.5 Å². The van der Waals surface area contributed by atoms with Crippen LogP contribution in [0.3, 0.4) is 0 Å². The third kappa shape index (κ3) is 6.57. The quantitative estimate of drug-likeness (QED) is 0.457. The molecular weight excluding hydrogens is 280 g/mol. The van der Waals surface area contributed by atoms with Crippen LogP contribution in [0.25, 0.3) is 0 Å². The van der Waals surface area contributed by atoms with E-state index >= 15 is 0 Å². The van der Waals surface area contributed by atoms with Crippen LogP contribution < -0.4 is 4.74 Å². The minimum atomic E-state index is -0.468. The average Bonchev–Trinajstić information content (AvgIpc) is 2.32. The van der Waals surface area contributed by atoms with Crippen LogP contribution in [0.15, 0.2) is 18.2 Å². The zero-order chi connectivity index (χ0) is 15.2. The number of esters is 1. The van der Waals surface area contributed by atoms with Crippen molar-refractivity contribution in [2.24, 2.45) is 0 Å². The molecule has 0 aliphatic heterocycles. The van der Waals surface area contributed by atoms with Crippen molar-refractivity contribution < 1.29 is 19.1 Å². The predicted octanol–water partition coefficient (Wildman–Crippen LogP) is 3.65. The van der Waals surface area contributed by atoms with E-state index in [9.17, 15) is 9.59 Å². The minimum absolute atomic E-state index is 0.249. The Balaban J connectivity index is 2.36. The Morgan fingerprint density at radius 3 is 2.60 bits per heavy atom. The molecule has 0 bridgehead atoms. The summed E-state index contributed by atoms with van der Waals surface area (Å²) in [5.74, 6) is 0.268. The minimum Gasteiger partial charge on any atom is -0.494 e. The lowest BCUT2D eigenvalue weighted by molar-refractivity contribution is -0.155. The second-order valence-electron chi connectivity index (χ2n) is 5.38. The Morgan fingerprint density at radius 1 is 1.30 bits per heavy atom. The van der Waals surface area contributed by atoms with E-state index in [-0.39, 0.29) is 5.97 Å². The molecule has 0 amide bonds. The van der Waals surface area contributed by atoms with Gasteiger partial charge in [0.25, 0.3) is 0 Å². The molecule has 0 saturated heterocycles. The molecule has 1 rings (SSSR count). The third-order valence-corrected chi connectivity index (χ3v) is 2.46. The van der Waals surface area contributed by atoms with Crippen LogP contribution in [0, 0.1) is 0 Å². The molecule has 0 aliphatic rings. The molecule has 0 heterocycles. The summed E-state index contributed by atoms with van der Waals surface area (Å²) in [7, 11) is 0. The van der Waals surface area contributed by atoms with E-state index in [4.69, 9.17) is 21.1 Å². The van der Waals surface area contributed by atoms with E-state index in [1.807, 2.05) is 20.8 Å². The maximum Gasteiger partial charge on any atom is 0.306 e. The largest absolute Gasteiger partial charge is 0.494 e. The van der Waals surface area contributed by atoms with E-state index < -0.39 is 5.60 Å². The number of carbonyl (C=O) groups excluding carboxylic acids is 2. The second-order valence-corrected chi connectivity index (χ2v) is 5.81. The van der Waals surface area contributed by atoms with Gasteiger partial charge in [0.2, 0.25) is 0 Å². The Bertz CT molecular complexity index is 477. The first kappa shape index (κ1) is 16.5. The summed E-state index contributed by atoms with van der Waals surface area (Å²) in [5, 5.41) is 0.441. The number of carbonyl (C=O) groups is 2. The summed E-state index contributed by atoms with van der Waals surface area (Å²) in [6.45, 7) is 5.84. The summed E-state index contributed by atoms with van der Waals surface area (Å²) in [6, 6.07) is 4.79. The summed E-state index contributed by atoms with van der Waals surface area (Å²) < 4.78 is 10.6. The molecular formula is C15H19ClO4. The van der Waals surface area contributed by atoms with Crippen LogP contribution in [-0.2, 0) is 9.53 Å². The fourth-order valence-electron chi connectivity index (χ4n) is 1.53. The van der Waals surface area contributed by atoms with Crippen molar-refractivity contribution >= 4 is 23.9 Å². The van der Waals surface area contributed by atoms with Gasteiger partial charge in [-0.3, -0.25) is 9.59 Å². The van der Waals surface area contributed by atoms with Crippen molar-refractivity contribution in [3.05, 3.63) is 28.8 Å². The highest BCUT2D eigenvalue weighted by Crippen LogP contribution is 2.20. The van der Waals surface area contributed by atoms with Gasteiger partial charge in [-0.1, -0.05) is 11.6 Å². The summed E-state index contributed by atoms with van der Waals surface area (Å²) in [5.41, 5.74) is -0.0105. The van der Waals surface area contributed by atoms with Crippen molar-refractivity contribution in [3.63, 3.8) is 0 Å². The van der Waals surface area contributed by atoms with E-state index in [0.29, 0.717) is 42.1 Å². The number of aldehydes is 1. The molecule has 0 N–H and O–H groups in total. The first-order chi connectivity index (χ1) is 9.30. The number of rotatable bonds is 6. The molecule has 5 heteroatoms. The first-order valence-corrected chi connectivity index (χ1v) is 6.78. The highest BCUT2D eigenvalue weighted by Gasteiger charge is 2.15. The van der Waals surface area contributed by atoms with Crippen LogP contribution in [0.4, 0.5) is 0 Å². The number of benzene rings is 1. The van der Waals surface area contributed by atoms with Gasteiger partial charge in [-0.05, 0) is 45.4 Å². The van der Waals surface area contributed by atoms with Crippen molar-refractivity contribution in [2.45, 2.75) is 39.2 Å². The maximum absolute atomic E-state index is 11.5. The van der Waals surface area contributed by atoms with Gasteiger partial charge in [0.1, 0.15) is 17.6 Å². The normalized spacial score (nSPS) is 11.0. The van der Waals surface area contributed by atoms with E-state index in [0.717, 1.165) is 0 Å². The van der Waals surface area contributed by atoms with Gasteiger partial charge < -0.3 is 9.47 Å². The molecule has 0 aliphatic carbocycles. The summed E-state index contributed by atoms with van der Waals surface area (Å²) in [6.07, 6.45) is 1.54. The van der Waals surface area contributed by atoms with E-state index in [2.05, 4.69) is 0 Å². The number of ether oxygens (including phenoxy) is 2. The molecule has 110 valence electrons. The lowest BCUT2D eigenvalue weighted by Crippen LogP contribution is -2.23. The Kier molecular flexibility index (Phi) is 6.02. The van der Waals surface area contributed by atoms with Gasteiger partial charge in [0, 0.05) is 17.0 Å². The van der Waals surface area contributed by atoms with Crippen molar-refractivity contribution in [1.29, 1.82) is 0 Å². The Labute approximate surface area is 124 Å². The van der Waals surface area contributed by atoms with Crippen LogP contribution in [0.2, 0.25) is 5.02 Å². The molecule has 0 saturated carbocycles. The fraction of sp³-hybridized carbons (Fsp3) is 0.467. The lowest BCUT2D eigenvalue weighted by Gasteiger charge is -2.19. The Morgan fingerprint density at radius 2 is 2.00 bits per heavy atom. The molecule has 0 spiro atoms. The zero-order valence-electron chi connectivity index (χ0n) is 11.9. The standard InChI is InChI=1S/C15H19ClO4/c1-15(2,3)20-14(18)5-4-6-19-13-8-11(10-17)7-12(16)9-13/h7-10H,4-6H2,1-3H3. The van der Waals surface area contributed by atoms with Crippen molar-refractivity contribution in [2.75, 3.05) is 6.61 Å². The van der Waals surface area contributed by atoms with Gasteiger partial charge in [0.05, 0.1) is 6.61 Å². The van der Waals surface area contributed by atoms with Gasteiger partial charge in [0.15, 0.2) is 0 Å². The molecule has 0 radical (unpaired) electrons. The molecule has 0 aromatic heterocycles. The highest BCUT2D eigenvalue weighted by molar-refractivity contribution is 6.31. The van der Waals surface area contributed by atoms with Gasteiger partial charge in [-0.2, -0.15) is 0 Å². The lowest BCUT2D eigenvalue weighted by atomic mass is 10.2. The number of halogens is 1. The third-order valence-electron chi connectivity index (χ3n) is 2.24. The smallest absolute Gasteiger partial charge is 0.306 e. The van der Waals surface area contributed by atoms with Crippen molar-refractivity contribution in [1.82, 2.24) is 0 Å². The van der Waals surface area contributed by atoms with Crippen molar-refractivity contribution in [3.8, 4) is 5.75 Å².